The van der Waals surface area contributed by atoms with Crippen molar-refractivity contribution < 1.29 is 4.74 Å². The number of rotatable bonds is 8. The average molecular weight is 311 g/mol. The molecule has 2 heteroatoms. The van der Waals surface area contributed by atoms with Crippen LogP contribution in [0.25, 0.3) is 0 Å². The molecule has 2 atom stereocenters. The van der Waals surface area contributed by atoms with Gasteiger partial charge in [-0.15, -0.1) is 0 Å². The maximum Gasteiger partial charge on any atom is 0.123 e. The van der Waals surface area contributed by atoms with Crippen molar-refractivity contribution >= 4 is 5.69 Å². The highest BCUT2D eigenvalue weighted by Crippen LogP contribution is 2.29. The second-order valence-corrected chi connectivity index (χ2v) is 6.25. The van der Waals surface area contributed by atoms with Crippen LogP contribution in [0.5, 0.6) is 5.75 Å². The molecule has 0 aliphatic carbocycles. The molecule has 0 aliphatic rings. The molecule has 0 fully saturated rings. The summed E-state index contributed by atoms with van der Waals surface area (Å²) < 4.78 is 6.31. The molecular weight excluding hydrogens is 282 g/mol. The Bertz CT molecular complexity index is 608. The van der Waals surface area contributed by atoms with Gasteiger partial charge in [-0.05, 0) is 55.0 Å². The summed E-state index contributed by atoms with van der Waals surface area (Å²) in [5.41, 5.74) is 3.73. The van der Waals surface area contributed by atoms with Crippen molar-refractivity contribution in [2.24, 2.45) is 0 Å². The highest BCUT2D eigenvalue weighted by molar-refractivity contribution is 5.45. The van der Waals surface area contributed by atoms with Gasteiger partial charge in [-0.3, -0.25) is 0 Å². The molecule has 1 N–H and O–H groups in total. The lowest BCUT2D eigenvalue weighted by molar-refractivity contribution is 0.207. The van der Waals surface area contributed by atoms with Crippen molar-refractivity contribution in [2.75, 3.05) is 11.9 Å². The van der Waals surface area contributed by atoms with E-state index in [9.17, 15) is 0 Å². The summed E-state index contributed by atoms with van der Waals surface area (Å²) in [6.07, 6.45) is 2.27. The Labute approximate surface area is 140 Å². The van der Waals surface area contributed by atoms with Crippen molar-refractivity contribution in [3.63, 3.8) is 0 Å². The molecule has 0 amide bonds. The van der Waals surface area contributed by atoms with Crippen LogP contribution >= 0.6 is 0 Å². The van der Waals surface area contributed by atoms with Crippen LogP contribution in [0, 0.1) is 6.92 Å². The molecule has 0 bridgehead atoms. The fourth-order valence-electron chi connectivity index (χ4n) is 2.65. The molecule has 0 heterocycles. The molecular formula is C21H29NO. The van der Waals surface area contributed by atoms with Crippen molar-refractivity contribution in [3.8, 4) is 5.75 Å². The molecule has 23 heavy (non-hydrogen) atoms. The van der Waals surface area contributed by atoms with Gasteiger partial charge in [-0.1, -0.05) is 51.1 Å². The number of hydrogen-bond acceptors (Lipinski definition) is 2. The second-order valence-electron chi connectivity index (χ2n) is 6.25. The Balaban J connectivity index is 2.02. The zero-order chi connectivity index (χ0) is 16.7. The minimum atomic E-state index is 0.167. The van der Waals surface area contributed by atoms with Crippen LogP contribution in [-0.4, -0.2) is 12.6 Å². The number of nitrogens with one attached hydrogen (secondary N) is 1. The van der Waals surface area contributed by atoms with Gasteiger partial charge < -0.3 is 10.1 Å². The molecule has 2 aromatic rings. The minimum Gasteiger partial charge on any atom is -0.488 e. The van der Waals surface area contributed by atoms with Crippen LogP contribution in [0.15, 0.2) is 48.5 Å². The van der Waals surface area contributed by atoms with Gasteiger partial charge in [0.05, 0.1) is 6.54 Å². The summed E-state index contributed by atoms with van der Waals surface area (Å²) in [6.45, 7) is 9.58. The van der Waals surface area contributed by atoms with Crippen LogP contribution < -0.4 is 10.1 Å². The lowest BCUT2D eigenvalue weighted by atomic mass is 9.98. The summed E-state index contributed by atoms with van der Waals surface area (Å²) >= 11 is 0. The lowest BCUT2D eigenvalue weighted by Crippen LogP contribution is -2.26. The summed E-state index contributed by atoms with van der Waals surface area (Å²) in [6, 6.07) is 16.9. The predicted octanol–water partition coefficient (Wildman–Crippen LogP) is 5.78. The number of hydrogen-bond donors (Lipinski definition) is 1. The van der Waals surface area contributed by atoms with E-state index in [2.05, 4.69) is 81.5 Å². The quantitative estimate of drug-likeness (QED) is 0.667. The summed E-state index contributed by atoms with van der Waals surface area (Å²) in [4.78, 5) is 0. The standard InChI is InChI=1S/C21H29NO/c1-5-17(4)20-12-7-8-13-21(20)23-19(6-2)15-22-18-11-9-10-16(3)14-18/h7-14,17,19,22H,5-6,15H2,1-4H3. The Hall–Kier alpha value is -1.96. The third kappa shape index (κ3) is 5.02. The summed E-state index contributed by atoms with van der Waals surface area (Å²) in [7, 11) is 0. The number of para-hydroxylation sites is 1. The summed E-state index contributed by atoms with van der Waals surface area (Å²) in [5.74, 6) is 1.55. The van der Waals surface area contributed by atoms with Gasteiger partial charge in [-0.2, -0.15) is 0 Å². The van der Waals surface area contributed by atoms with E-state index >= 15 is 0 Å². The van der Waals surface area contributed by atoms with E-state index in [-0.39, 0.29) is 6.10 Å². The Morgan fingerprint density at radius 2 is 1.78 bits per heavy atom. The smallest absolute Gasteiger partial charge is 0.123 e. The van der Waals surface area contributed by atoms with Crippen LogP contribution in [0.4, 0.5) is 5.69 Å². The number of anilines is 1. The van der Waals surface area contributed by atoms with Gasteiger partial charge >= 0.3 is 0 Å². The number of ether oxygens (including phenoxy) is 1. The van der Waals surface area contributed by atoms with E-state index < -0.39 is 0 Å². The van der Waals surface area contributed by atoms with Gasteiger partial charge in [0, 0.05) is 5.69 Å². The maximum absolute atomic E-state index is 6.31. The molecule has 0 aliphatic heterocycles. The average Bonchev–Trinajstić information content (AvgIpc) is 2.58. The molecule has 2 nitrogen and oxygen atoms in total. The van der Waals surface area contributed by atoms with Gasteiger partial charge in [0.25, 0.3) is 0 Å². The zero-order valence-electron chi connectivity index (χ0n) is 14.8. The predicted molar refractivity (Wildman–Crippen MR) is 99.5 cm³/mol. The first-order valence-electron chi connectivity index (χ1n) is 8.70. The third-order valence-corrected chi connectivity index (χ3v) is 4.36. The van der Waals surface area contributed by atoms with Crippen molar-refractivity contribution in [1.82, 2.24) is 0 Å². The highest BCUT2D eigenvalue weighted by Gasteiger charge is 2.14. The minimum absolute atomic E-state index is 0.167. The lowest BCUT2D eigenvalue weighted by Gasteiger charge is -2.22. The van der Waals surface area contributed by atoms with Crippen molar-refractivity contribution in [2.45, 2.75) is 52.6 Å². The molecule has 2 unspecified atom stereocenters. The highest BCUT2D eigenvalue weighted by atomic mass is 16.5. The van der Waals surface area contributed by atoms with E-state index in [1.807, 2.05) is 0 Å². The monoisotopic (exact) mass is 311 g/mol. The van der Waals surface area contributed by atoms with Gasteiger partial charge in [0.15, 0.2) is 0 Å². The molecule has 0 radical (unpaired) electrons. The van der Waals surface area contributed by atoms with Crippen LogP contribution in [-0.2, 0) is 0 Å². The zero-order valence-corrected chi connectivity index (χ0v) is 14.8. The van der Waals surface area contributed by atoms with E-state index in [4.69, 9.17) is 4.74 Å². The fourth-order valence-corrected chi connectivity index (χ4v) is 2.65. The third-order valence-electron chi connectivity index (χ3n) is 4.36. The second kappa shape index (κ2) is 8.61. The van der Waals surface area contributed by atoms with Crippen LogP contribution in [0.3, 0.4) is 0 Å². The number of benzene rings is 2. The topological polar surface area (TPSA) is 21.3 Å². The summed E-state index contributed by atoms with van der Waals surface area (Å²) in [5, 5.41) is 3.49. The normalized spacial score (nSPS) is 13.4. The van der Waals surface area contributed by atoms with Crippen LogP contribution in [0.2, 0.25) is 0 Å². The van der Waals surface area contributed by atoms with Crippen molar-refractivity contribution in [1.29, 1.82) is 0 Å². The first-order chi connectivity index (χ1) is 11.1. The number of aryl methyl sites for hydroxylation is 1. The molecule has 2 rings (SSSR count). The molecule has 0 aromatic heterocycles. The maximum atomic E-state index is 6.31. The first-order valence-corrected chi connectivity index (χ1v) is 8.70. The van der Waals surface area contributed by atoms with E-state index in [1.165, 1.54) is 11.1 Å². The SMILES string of the molecule is CCC(CNc1cccc(C)c1)Oc1ccccc1C(C)CC. The molecule has 0 spiro atoms. The van der Waals surface area contributed by atoms with E-state index in [1.54, 1.807) is 0 Å². The molecule has 0 saturated heterocycles. The van der Waals surface area contributed by atoms with Gasteiger partial charge in [-0.25, -0.2) is 0 Å². The Morgan fingerprint density at radius 1 is 1.00 bits per heavy atom. The van der Waals surface area contributed by atoms with Crippen LogP contribution in [0.1, 0.15) is 50.7 Å². The first kappa shape index (κ1) is 17.4. The van der Waals surface area contributed by atoms with Gasteiger partial charge in [0.1, 0.15) is 11.9 Å². The van der Waals surface area contributed by atoms with Crippen molar-refractivity contribution in [3.05, 3.63) is 59.7 Å². The Kier molecular flexibility index (Phi) is 6.52. The largest absolute Gasteiger partial charge is 0.488 e. The van der Waals surface area contributed by atoms with E-state index in [0.717, 1.165) is 30.8 Å². The molecule has 2 aromatic carbocycles. The van der Waals surface area contributed by atoms with E-state index in [0.29, 0.717) is 5.92 Å². The van der Waals surface area contributed by atoms with Gasteiger partial charge in [0.2, 0.25) is 0 Å². The molecule has 0 saturated carbocycles. The fraction of sp³-hybridized carbons (Fsp3) is 0.429. The molecule has 124 valence electrons. The Morgan fingerprint density at radius 3 is 2.48 bits per heavy atom.